The van der Waals surface area contributed by atoms with Gasteiger partial charge in [0, 0.05) is 6.54 Å². The number of carbonyl (C=O) groups is 1. The van der Waals surface area contributed by atoms with Gasteiger partial charge in [-0.1, -0.05) is 0 Å². The van der Waals surface area contributed by atoms with Crippen molar-refractivity contribution in [1.82, 2.24) is 9.55 Å². The van der Waals surface area contributed by atoms with Gasteiger partial charge < -0.3 is 14.0 Å². The van der Waals surface area contributed by atoms with Crippen molar-refractivity contribution in [3.8, 4) is 0 Å². The Morgan fingerprint density at radius 3 is 3.38 bits per heavy atom. The molecule has 1 aromatic rings. The van der Waals surface area contributed by atoms with Crippen LogP contribution in [0.3, 0.4) is 0 Å². The number of nitrogens with zero attached hydrogens (tertiary/aromatic N) is 2. The highest BCUT2D eigenvalue weighted by Crippen LogP contribution is 2.11. The monoisotopic (exact) mass is 182 g/mol. The Hall–Kier alpha value is -1.36. The second kappa shape index (κ2) is 3.18. The van der Waals surface area contributed by atoms with E-state index in [1.807, 2.05) is 4.57 Å². The number of aromatic nitrogens is 2. The lowest BCUT2D eigenvalue weighted by molar-refractivity contribution is 0.0558. The highest BCUT2D eigenvalue weighted by atomic mass is 16.5. The Labute approximate surface area is 75.3 Å². The smallest absolute Gasteiger partial charge is 0.356 e. The number of esters is 1. The van der Waals surface area contributed by atoms with Crippen LogP contribution >= 0.6 is 0 Å². The Morgan fingerprint density at radius 1 is 1.77 bits per heavy atom. The molecule has 0 amide bonds. The van der Waals surface area contributed by atoms with Crippen molar-refractivity contribution in [3.63, 3.8) is 0 Å². The molecule has 5 heteroatoms. The van der Waals surface area contributed by atoms with Gasteiger partial charge in [-0.25, -0.2) is 9.78 Å². The molecular weight excluding hydrogens is 172 g/mol. The minimum atomic E-state index is -0.347. The summed E-state index contributed by atoms with van der Waals surface area (Å²) < 4.78 is 11.6. The molecule has 0 unspecified atom stereocenters. The molecule has 0 spiro atoms. The lowest BCUT2D eigenvalue weighted by Gasteiger charge is -2.15. The quantitative estimate of drug-likeness (QED) is 0.582. The Bertz CT molecular complexity index is 332. The average molecular weight is 182 g/mol. The van der Waals surface area contributed by atoms with Gasteiger partial charge in [0.25, 0.3) is 0 Å². The molecule has 70 valence electrons. The van der Waals surface area contributed by atoms with Crippen LogP contribution < -0.4 is 0 Å². The van der Waals surface area contributed by atoms with Crippen LogP contribution in [0.4, 0.5) is 0 Å². The Morgan fingerprint density at radius 2 is 2.62 bits per heavy atom. The van der Waals surface area contributed by atoms with E-state index in [1.54, 1.807) is 0 Å². The van der Waals surface area contributed by atoms with Crippen LogP contribution in [0.5, 0.6) is 0 Å². The van der Waals surface area contributed by atoms with Gasteiger partial charge in [-0.15, -0.1) is 0 Å². The fourth-order valence-corrected chi connectivity index (χ4v) is 1.37. The van der Waals surface area contributed by atoms with Crippen LogP contribution in [-0.4, -0.2) is 29.2 Å². The number of imidazole rings is 1. The van der Waals surface area contributed by atoms with E-state index in [1.165, 1.54) is 13.3 Å². The summed E-state index contributed by atoms with van der Waals surface area (Å²) in [5.74, 6) is 0.437. The predicted octanol–water partition coefficient (Wildman–Crippen LogP) is 0.200. The summed E-state index contributed by atoms with van der Waals surface area (Å²) in [6.07, 6.45) is 1.52. The topological polar surface area (TPSA) is 53.3 Å². The van der Waals surface area contributed by atoms with Gasteiger partial charge in [-0.3, -0.25) is 0 Å². The molecule has 1 aliphatic rings. The van der Waals surface area contributed by atoms with Crippen LogP contribution in [-0.2, 0) is 22.6 Å². The zero-order valence-corrected chi connectivity index (χ0v) is 7.32. The van der Waals surface area contributed by atoms with Gasteiger partial charge in [0.2, 0.25) is 0 Å². The van der Waals surface area contributed by atoms with Gasteiger partial charge in [0.1, 0.15) is 18.1 Å². The number of fused-ring (bicyclic) bond motifs is 1. The minimum absolute atomic E-state index is 0.347. The van der Waals surface area contributed by atoms with Crippen LogP contribution in [0, 0.1) is 0 Å². The zero-order valence-electron chi connectivity index (χ0n) is 7.32. The first-order valence-electron chi connectivity index (χ1n) is 4.03. The van der Waals surface area contributed by atoms with E-state index in [4.69, 9.17) is 4.74 Å². The Balaban J connectivity index is 2.36. The summed E-state index contributed by atoms with van der Waals surface area (Å²) >= 11 is 0. The van der Waals surface area contributed by atoms with Crippen LogP contribution in [0.25, 0.3) is 0 Å². The lowest BCUT2D eigenvalue weighted by Crippen LogP contribution is -2.20. The second-order valence-electron chi connectivity index (χ2n) is 2.76. The lowest BCUT2D eigenvalue weighted by atomic mass is 10.4. The number of ether oxygens (including phenoxy) is 2. The van der Waals surface area contributed by atoms with Crippen molar-refractivity contribution in [3.05, 3.63) is 17.7 Å². The molecule has 2 heterocycles. The summed E-state index contributed by atoms with van der Waals surface area (Å²) in [5.41, 5.74) is 0.501. The maximum absolute atomic E-state index is 11.2. The molecule has 1 aliphatic heterocycles. The normalized spacial score (nSPS) is 15.2. The standard InChI is InChI=1S/C8H10N2O3/c1-12-8(11)6-4-9-7-5-13-3-2-10(6)7/h4H,2-3,5H2,1H3. The maximum atomic E-state index is 11.2. The van der Waals surface area contributed by atoms with Crippen molar-refractivity contribution >= 4 is 5.97 Å². The molecule has 0 radical (unpaired) electrons. The highest BCUT2D eigenvalue weighted by Gasteiger charge is 2.19. The van der Waals surface area contributed by atoms with E-state index in [0.717, 1.165) is 5.82 Å². The molecule has 1 aromatic heterocycles. The summed E-state index contributed by atoms with van der Waals surface area (Å²) in [6, 6.07) is 0. The molecule has 0 saturated carbocycles. The van der Waals surface area contributed by atoms with Crippen molar-refractivity contribution in [2.24, 2.45) is 0 Å². The third kappa shape index (κ3) is 1.31. The van der Waals surface area contributed by atoms with Crippen molar-refractivity contribution in [1.29, 1.82) is 0 Å². The first-order chi connectivity index (χ1) is 6.33. The molecule has 0 N–H and O–H groups in total. The van der Waals surface area contributed by atoms with Gasteiger partial charge in [-0.2, -0.15) is 0 Å². The zero-order chi connectivity index (χ0) is 9.26. The Kier molecular flexibility index (Phi) is 2.02. The third-order valence-corrected chi connectivity index (χ3v) is 2.02. The van der Waals surface area contributed by atoms with E-state index in [2.05, 4.69) is 9.72 Å². The fourth-order valence-electron chi connectivity index (χ4n) is 1.37. The SMILES string of the molecule is COC(=O)c1cnc2n1CCOC2. The van der Waals surface area contributed by atoms with Gasteiger partial charge >= 0.3 is 5.97 Å². The van der Waals surface area contributed by atoms with Crippen LogP contribution in [0.2, 0.25) is 0 Å². The maximum Gasteiger partial charge on any atom is 0.356 e. The number of hydrogen-bond donors (Lipinski definition) is 0. The first-order valence-corrected chi connectivity index (χ1v) is 4.03. The summed E-state index contributed by atoms with van der Waals surface area (Å²) in [4.78, 5) is 15.3. The molecule has 0 aromatic carbocycles. The summed E-state index contributed by atoms with van der Waals surface area (Å²) in [6.45, 7) is 1.75. The first kappa shape index (κ1) is 8.25. The van der Waals surface area contributed by atoms with E-state index < -0.39 is 0 Å². The van der Waals surface area contributed by atoms with E-state index in [-0.39, 0.29) is 5.97 Å². The van der Waals surface area contributed by atoms with Crippen molar-refractivity contribution in [2.45, 2.75) is 13.2 Å². The molecule has 0 bridgehead atoms. The summed E-state index contributed by atoms with van der Waals surface area (Å²) in [7, 11) is 1.36. The third-order valence-electron chi connectivity index (χ3n) is 2.02. The molecule has 0 aliphatic carbocycles. The minimum Gasteiger partial charge on any atom is -0.464 e. The number of hydrogen-bond acceptors (Lipinski definition) is 4. The van der Waals surface area contributed by atoms with E-state index in [9.17, 15) is 4.79 Å². The van der Waals surface area contributed by atoms with Crippen molar-refractivity contribution in [2.75, 3.05) is 13.7 Å². The van der Waals surface area contributed by atoms with Gasteiger partial charge in [0.05, 0.1) is 19.9 Å². The average Bonchev–Trinajstić information content (AvgIpc) is 2.60. The highest BCUT2D eigenvalue weighted by molar-refractivity contribution is 5.87. The molecule has 0 saturated heterocycles. The fraction of sp³-hybridized carbons (Fsp3) is 0.500. The molecule has 0 fully saturated rings. The molecule has 0 atom stereocenters. The largest absolute Gasteiger partial charge is 0.464 e. The van der Waals surface area contributed by atoms with Crippen molar-refractivity contribution < 1.29 is 14.3 Å². The van der Waals surface area contributed by atoms with E-state index in [0.29, 0.717) is 25.5 Å². The number of methoxy groups -OCH3 is 1. The molecule has 2 rings (SSSR count). The van der Waals surface area contributed by atoms with E-state index >= 15 is 0 Å². The predicted molar refractivity (Wildman–Crippen MR) is 43.2 cm³/mol. The van der Waals surface area contributed by atoms with Gasteiger partial charge in [0.15, 0.2) is 0 Å². The molecule has 5 nitrogen and oxygen atoms in total. The molecule has 13 heavy (non-hydrogen) atoms. The number of rotatable bonds is 1. The second-order valence-corrected chi connectivity index (χ2v) is 2.76. The van der Waals surface area contributed by atoms with Gasteiger partial charge in [-0.05, 0) is 0 Å². The molecular formula is C8H10N2O3. The van der Waals surface area contributed by atoms with Crippen LogP contribution in [0.15, 0.2) is 6.20 Å². The number of carbonyl (C=O) groups excluding carboxylic acids is 1. The summed E-state index contributed by atoms with van der Waals surface area (Å²) in [5, 5.41) is 0. The van der Waals surface area contributed by atoms with Crippen LogP contribution in [0.1, 0.15) is 16.3 Å².